The molecule has 260 valence electrons. The molecule has 2 amide bonds. The first-order valence-corrected chi connectivity index (χ1v) is 17.0. The molecule has 4 aromatic rings. The number of halogens is 4. The predicted octanol–water partition coefficient (Wildman–Crippen LogP) is 7.12. The maximum absolute atomic E-state index is 14.6. The molecule has 0 bridgehead atoms. The molecule has 0 heterocycles. The Kier molecular flexibility index (Phi) is 11.7. The minimum absolute atomic E-state index is 0.0498. The van der Waals surface area contributed by atoms with Gasteiger partial charge < -0.3 is 15.0 Å². The molecule has 0 spiro atoms. The van der Waals surface area contributed by atoms with Crippen molar-refractivity contribution in [2.45, 2.75) is 56.4 Å². The van der Waals surface area contributed by atoms with Gasteiger partial charge in [0.2, 0.25) is 11.8 Å². The average Bonchev–Trinajstić information content (AvgIpc) is 3.05. The second-order valence-electron chi connectivity index (χ2n) is 12.3. The fourth-order valence-corrected chi connectivity index (χ4v) is 6.80. The Morgan fingerprint density at radius 3 is 2.06 bits per heavy atom. The van der Waals surface area contributed by atoms with E-state index in [0.29, 0.717) is 21.7 Å². The Labute approximate surface area is 289 Å². The second kappa shape index (κ2) is 15.3. The first-order chi connectivity index (χ1) is 23.0. The van der Waals surface area contributed by atoms with Crippen molar-refractivity contribution in [1.82, 2.24) is 10.2 Å². The van der Waals surface area contributed by atoms with Crippen LogP contribution in [0.15, 0.2) is 108 Å². The van der Waals surface area contributed by atoms with Crippen molar-refractivity contribution >= 4 is 39.1 Å². The Bertz CT molecular complexity index is 1870. The zero-order valence-electron chi connectivity index (χ0n) is 27.4. The van der Waals surface area contributed by atoms with Crippen LogP contribution in [0.5, 0.6) is 5.75 Å². The summed E-state index contributed by atoms with van der Waals surface area (Å²) in [6, 6.07) is 23.8. The van der Waals surface area contributed by atoms with Gasteiger partial charge in [0.25, 0.3) is 10.0 Å². The van der Waals surface area contributed by atoms with Gasteiger partial charge in [0.1, 0.15) is 18.3 Å². The third-order valence-electron chi connectivity index (χ3n) is 7.41. The molecule has 0 aliphatic heterocycles. The van der Waals surface area contributed by atoms with E-state index in [4.69, 9.17) is 16.3 Å². The lowest BCUT2D eigenvalue weighted by atomic mass is 10.0. The van der Waals surface area contributed by atoms with E-state index >= 15 is 0 Å². The lowest BCUT2D eigenvalue weighted by Crippen LogP contribution is -2.56. The topological polar surface area (TPSA) is 96.0 Å². The van der Waals surface area contributed by atoms with Crippen LogP contribution >= 0.6 is 11.6 Å². The molecule has 0 fully saturated rings. The fraction of sp³-hybridized carbons (Fsp3) is 0.278. The van der Waals surface area contributed by atoms with Gasteiger partial charge in [-0.05, 0) is 74.4 Å². The number of rotatable bonds is 12. The van der Waals surface area contributed by atoms with Gasteiger partial charge in [-0.3, -0.25) is 13.9 Å². The molecule has 1 N–H and O–H groups in total. The number of anilines is 1. The lowest BCUT2D eigenvalue weighted by molar-refractivity contribution is -0.140. The van der Waals surface area contributed by atoms with Crippen molar-refractivity contribution in [1.29, 1.82) is 0 Å². The third kappa shape index (κ3) is 9.76. The van der Waals surface area contributed by atoms with E-state index in [0.717, 1.165) is 17.7 Å². The number of amides is 2. The number of methoxy groups -OCH3 is 1. The molecule has 4 rings (SSSR count). The first-order valence-electron chi connectivity index (χ1n) is 15.2. The Balaban J connectivity index is 1.89. The van der Waals surface area contributed by atoms with Crippen LogP contribution in [0.1, 0.15) is 37.5 Å². The van der Waals surface area contributed by atoms with E-state index in [1.165, 1.54) is 36.3 Å². The molecule has 0 saturated carbocycles. The zero-order chi connectivity index (χ0) is 36.0. The maximum atomic E-state index is 14.6. The molecular weight excluding hydrogens is 679 g/mol. The van der Waals surface area contributed by atoms with Crippen LogP contribution < -0.4 is 14.4 Å². The number of nitrogens with one attached hydrogen (secondary N) is 1. The fourth-order valence-electron chi connectivity index (χ4n) is 5.09. The Morgan fingerprint density at radius 1 is 0.857 bits per heavy atom. The summed E-state index contributed by atoms with van der Waals surface area (Å²) in [5.74, 6) is -0.893. The van der Waals surface area contributed by atoms with Crippen molar-refractivity contribution in [3.63, 3.8) is 0 Å². The number of carbonyl (C=O) groups excluding carboxylic acids is 2. The van der Waals surface area contributed by atoms with Crippen molar-refractivity contribution in [2.24, 2.45) is 0 Å². The van der Waals surface area contributed by atoms with E-state index in [-0.39, 0.29) is 22.9 Å². The summed E-state index contributed by atoms with van der Waals surface area (Å²) in [6.45, 7) is 4.20. The zero-order valence-corrected chi connectivity index (χ0v) is 28.9. The number of benzene rings is 4. The highest BCUT2D eigenvalue weighted by Gasteiger charge is 2.38. The van der Waals surface area contributed by atoms with Gasteiger partial charge in [-0.25, -0.2) is 8.42 Å². The normalized spacial score (nSPS) is 12.6. The molecular formula is C36H37ClF3N3O5S. The van der Waals surface area contributed by atoms with Crippen LogP contribution in [0.3, 0.4) is 0 Å². The van der Waals surface area contributed by atoms with Gasteiger partial charge in [0.05, 0.1) is 28.3 Å². The summed E-state index contributed by atoms with van der Waals surface area (Å²) < 4.78 is 75.8. The molecule has 0 radical (unpaired) electrons. The van der Waals surface area contributed by atoms with Crippen LogP contribution in [-0.2, 0) is 38.8 Å². The SMILES string of the molecule is COc1cccc(CN(C(=O)CN(c2cc(C(F)(F)F)ccc2Cl)S(=O)(=O)c2ccccc2)[C@H](Cc2ccccc2)C(=O)NC(C)(C)C)c1. The number of hydrogen-bond acceptors (Lipinski definition) is 5. The standard InChI is InChI=1S/C36H37ClF3N3O5S/c1-35(2,3)41-34(45)32(21-25-12-7-5-8-13-25)42(23-26-14-11-15-28(20-26)48-4)33(44)24-43(49(46,47)29-16-9-6-10-17-29)31-22-27(36(38,39)40)18-19-30(31)37/h5-20,22,32H,21,23-24H2,1-4H3,(H,41,45)/t32-/m1/s1. The minimum Gasteiger partial charge on any atom is -0.497 e. The van der Waals surface area contributed by atoms with E-state index in [1.54, 1.807) is 81.4 Å². The molecule has 49 heavy (non-hydrogen) atoms. The van der Waals surface area contributed by atoms with Crippen molar-refractivity contribution in [3.8, 4) is 5.75 Å². The van der Waals surface area contributed by atoms with E-state index in [2.05, 4.69) is 5.32 Å². The van der Waals surface area contributed by atoms with Crippen molar-refractivity contribution in [2.75, 3.05) is 18.0 Å². The highest BCUT2D eigenvalue weighted by Crippen LogP contribution is 2.37. The summed E-state index contributed by atoms with van der Waals surface area (Å²) in [5, 5.41) is 2.59. The smallest absolute Gasteiger partial charge is 0.416 e. The quantitative estimate of drug-likeness (QED) is 0.169. The van der Waals surface area contributed by atoms with Gasteiger partial charge in [-0.15, -0.1) is 0 Å². The molecule has 1 atom stereocenters. The Hall–Kier alpha value is -4.55. The lowest BCUT2D eigenvalue weighted by Gasteiger charge is -2.35. The molecule has 13 heteroatoms. The highest BCUT2D eigenvalue weighted by atomic mass is 35.5. The van der Waals surface area contributed by atoms with Crippen LogP contribution in [-0.4, -0.2) is 50.4 Å². The first kappa shape index (κ1) is 37.3. The molecule has 0 saturated heterocycles. The number of ether oxygens (including phenoxy) is 1. The van der Waals surface area contributed by atoms with Gasteiger partial charge in [-0.2, -0.15) is 13.2 Å². The minimum atomic E-state index is -4.84. The van der Waals surface area contributed by atoms with Gasteiger partial charge in [0.15, 0.2) is 0 Å². The summed E-state index contributed by atoms with van der Waals surface area (Å²) in [5.41, 5.74) is -1.13. The molecule has 0 aliphatic rings. The molecule has 8 nitrogen and oxygen atoms in total. The van der Waals surface area contributed by atoms with Crippen LogP contribution in [0.2, 0.25) is 5.02 Å². The van der Waals surface area contributed by atoms with Crippen LogP contribution in [0.4, 0.5) is 18.9 Å². The number of alkyl halides is 3. The van der Waals surface area contributed by atoms with Gasteiger partial charge in [0, 0.05) is 18.5 Å². The van der Waals surface area contributed by atoms with E-state index in [1.807, 2.05) is 0 Å². The Morgan fingerprint density at radius 2 is 1.47 bits per heavy atom. The molecule has 4 aromatic carbocycles. The maximum Gasteiger partial charge on any atom is 0.416 e. The van der Waals surface area contributed by atoms with Crippen molar-refractivity contribution in [3.05, 3.63) is 125 Å². The summed E-state index contributed by atoms with van der Waals surface area (Å²) in [6.07, 6.45) is -4.79. The summed E-state index contributed by atoms with van der Waals surface area (Å²) in [4.78, 5) is 29.6. The summed E-state index contributed by atoms with van der Waals surface area (Å²) >= 11 is 6.38. The molecule has 0 aliphatic carbocycles. The number of sulfonamides is 1. The second-order valence-corrected chi connectivity index (χ2v) is 14.6. The molecule has 0 unspecified atom stereocenters. The van der Waals surface area contributed by atoms with Gasteiger partial charge >= 0.3 is 6.18 Å². The van der Waals surface area contributed by atoms with Gasteiger partial charge in [-0.1, -0.05) is 72.3 Å². The van der Waals surface area contributed by atoms with Crippen LogP contribution in [0, 0.1) is 0 Å². The number of nitrogens with zero attached hydrogens (tertiary/aromatic N) is 2. The molecule has 0 aromatic heterocycles. The average molecular weight is 716 g/mol. The monoisotopic (exact) mass is 715 g/mol. The van der Waals surface area contributed by atoms with E-state index < -0.39 is 57.4 Å². The number of hydrogen-bond donors (Lipinski definition) is 1. The van der Waals surface area contributed by atoms with Crippen LogP contribution in [0.25, 0.3) is 0 Å². The third-order valence-corrected chi connectivity index (χ3v) is 9.50. The van der Waals surface area contributed by atoms with E-state index in [9.17, 15) is 31.2 Å². The highest BCUT2D eigenvalue weighted by molar-refractivity contribution is 7.92. The largest absolute Gasteiger partial charge is 0.497 e. The van der Waals surface area contributed by atoms with Crippen molar-refractivity contribution < 1.29 is 35.9 Å². The summed E-state index contributed by atoms with van der Waals surface area (Å²) in [7, 11) is -3.20. The number of carbonyl (C=O) groups is 2. The predicted molar refractivity (Wildman–Crippen MR) is 183 cm³/mol.